The zero-order valence-electron chi connectivity index (χ0n) is 19.5. The smallest absolute Gasteiger partial charge is 0.246 e. The van der Waals surface area contributed by atoms with Crippen molar-refractivity contribution in [1.82, 2.24) is 9.88 Å². The first-order chi connectivity index (χ1) is 17.3. The molecule has 1 saturated heterocycles. The summed E-state index contributed by atoms with van der Waals surface area (Å²) in [6.45, 7) is 6.94. The SMILES string of the molecule is C=CC(=O)N1CCN(c2c(C#N)c(O)nc3cc(-c4cccc5cccc(Cl)c45)c(Cl)cc23)C[C@@H]1C. The lowest BCUT2D eigenvalue weighted by atomic mass is 9.96. The highest BCUT2D eigenvalue weighted by Gasteiger charge is 2.30. The fourth-order valence-electron chi connectivity index (χ4n) is 5.02. The number of anilines is 1. The third kappa shape index (κ3) is 3.91. The molecule has 2 heterocycles. The fraction of sp³-hybridized carbons (Fsp3) is 0.179. The second-order valence-corrected chi connectivity index (χ2v) is 9.61. The third-order valence-electron chi connectivity index (χ3n) is 6.68. The lowest BCUT2D eigenvalue weighted by molar-refractivity contribution is -0.128. The van der Waals surface area contributed by atoms with Gasteiger partial charge in [0.15, 0.2) is 0 Å². The molecule has 0 radical (unpaired) electrons. The molecule has 8 heteroatoms. The maximum Gasteiger partial charge on any atom is 0.246 e. The number of carbonyl (C=O) groups excluding carboxylic acids is 1. The van der Waals surface area contributed by atoms with E-state index in [0.717, 1.165) is 21.9 Å². The van der Waals surface area contributed by atoms with Gasteiger partial charge >= 0.3 is 0 Å². The zero-order valence-corrected chi connectivity index (χ0v) is 21.0. The van der Waals surface area contributed by atoms with Crippen molar-refractivity contribution in [3.63, 3.8) is 0 Å². The van der Waals surface area contributed by atoms with Crippen molar-refractivity contribution in [3.8, 4) is 23.1 Å². The number of fused-ring (bicyclic) bond motifs is 2. The van der Waals surface area contributed by atoms with Crippen LogP contribution in [0.4, 0.5) is 5.69 Å². The molecule has 6 nitrogen and oxygen atoms in total. The van der Waals surface area contributed by atoms with E-state index in [2.05, 4.69) is 17.6 Å². The molecule has 4 aromatic rings. The molecule has 0 saturated carbocycles. The Labute approximate surface area is 218 Å². The van der Waals surface area contributed by atoms with E-state index in [-0.39, 0.29) is 23.4 Å². The van der Waals surface area contributed by atoms with Crippen LogP contribution in [0.3, 0.4) is 0 Å². The fourth-order valence-corrected chi connectivity index (χ4v) is 5.57. The maximum absolute atomic E-state index is 12.2. The lowest BCUT2D eigenvalue weighted by Crippen LogP contribution is -2.53. The van der Waals surface area contributed by atoms with Crippen molar-refractivity contribution in [2.75, 3.05) is 24.5 Å². The number of amides is 1. The summed E-state index contributed by atoms with van der Waals surface area (Å²) in [5.74, 6) is -0.479. The van der Waals surface area contributed by atoms with Crippen LogP contribution in [-0.2, 0) is 4.79 Å². The Bertz CT molecular complexity index is 1590. The van der Waals surface area contributed by atoms with Crippen molar-refractivity contribution in [2.45, 2.75) is 13.0 Å². The third-order valence-corrected chi connectivity index (χ3v) is 7.31. The molecule has 180 valence electrons. The van der Waals surface area contributed by atoms with Crippen LogP contribution in [-0.4, -0.2) is 46.6 Å². The summed E-state index contributed by atoms with van der Waals surface area (Å²) in [6.07, 6.45) is 1.31. The minimum absolute atomic E-state index is 0.0789. The van der Waals surface area contributed by atoms with Gasteiger partial charge in [0.05, 0.1) is 11.2 Å². The zero-order chi connectivity index (χ0) is 25.6. The first-order valence-corrected chi connectivity index (χ1v) is 12.2. The van der Waals surface area contributed by atoms with Crippen LogP contribution in [0.5, 0.6) is 5.88 Å². The Balaban J connectivity index is 1.69. The number of halogens is 2. The van der Waals surface area contributed by atoms with Gasteiger partial charge in [-0.3, -0.25) is 4.79 Å². The molecule has 36 heavy (non-hydrogen) atoms. The Morgan fingerprint density at radius 1 is 1.17 bits per heavy atom. The molecule has 0 aliphatic carbocycles. The Morgan fingerprint density at radius 2 is 1.92 bits per heavy atom. The minimum atomic E-state index is -0.346. The van der Waals surface area contributed by atoms with Gasteiger partial charge in [-0.15, -0.1) is 0 Å². The summed E-state index contributed by atoms with van der Waals surface area (Å²) in [7, 11) is 0. The summed E-state index contributed by atoms with van der Waals surface area (Å²) < 4.78 is 0. The Hall–Kier alpha value is -3.79. The van der Waals surface area contributed by atoms with E-state index in [1.165, 1.54) is 6.08 Å². The summed E-state index contributed by atoms with van der Waals surface area (Å²) in [6, 6.07) is 17.2. The van der Waals surface area contributed by atoms with E-state index in [0.29, 0.717) is 46.3 Å². The van der Waals surface area contributed by atoms with Crippen LogP contribution in [0.25, 0.3) is 32.8 Å². The molecule has 0 bridgehead atoms. The predicted molar refractivity (Wildman–Crippen MR) is 145 cm³/mol. The van der Waals surface area contributed by atoms with E-state index in [9.17, 15) is 15.2 Å². The van der Waals surface area contributed by atoms with Crippen molar-refractivity contribution >= 4 is 56.5 Å². The average Bonchev–Trinajstić information content (AvgIpc) is 2.87. The number of hydrogen-bond acceptors (Lipinski definition) is 5. The average molecular weight is 517 g/mol. The molecule has 1 N–H and O–H groups in total. The van der Waals surface area contributed by atoms with Crippen LogP contribution in [0.15, 0.2) is 61.2 Å². The molecular formula is C28H22Cl2N4O2. The molecular weight excluding hydrogens is 495 g/mol. The molecule has 3 aromatic carbocycles. The second kappa shape index (κ2) is 9.34. The molecule has 1 amide bonds. The predicted octanol–water partition coefficient (Wildman–Crippen LogP) is 6.16. The molecule has 1 aromatic heterocycles. The lowest BCUT2D eigenvalue weighted by Gasteiger charge is -2.41. The van der Waals surface area contributed by atoms with Crippen molar-refractivity contribution < 1.29 is 9.90 Å². The number of rotatable bonds is 3. The van der Waals surface area contributed by atoms with Gasteiger partial charge in [0.25, 0.3) is 0 Å². The number of piperazine rings is 1. The van der Waals surface area contributed by atoms with E-state index < -0.39 is 0 Å². The maximum atomic E-state index is 12.2. The number of hydrogen-bond donors (Lipinski definition) is 1. The van der Waals surface area contributed by atoms with Gasteiger partial charge in [0.2, 0.25) is 11.8 Å². The first kappa shape index (κ1) is 23.9. The van der Waals surface area contributed by atoms with Crippen molar-refractivity contribution in [3.05, 3.63) is 76.8 Å². The van der Waals surface area contributed by atoms with Gasteiger partial charge < -0.3 is 14.9 Å². The van der Waals surface area contributed by atoms with Crippen LogP contribution in [0.2, 0.25) is 10.0 Å². The number of aromatic nitrogens is 1. The first-order valence-electron chi connectivity index (χ1n) is 11.5. The van der Waals surface area contributed by atoms with E-state index in [4.69, 9.17) is 23.2 Å². The summed E-state index contributed by atoms with van der Waals surface area (Å²) in [5, 5.41) is 24.2. The summed E-state index contributed by atoms with van der Waals surface area (Å²) >= 11 is 13.4. The molecule has 1 aliphatic heterocycles. The van der Waals surface area contributed by atoms with Crippen LogP contribution >= 0.6 is 23.2 Å². The normalized spacial score (nSPS) is 15.8. The van der Waals surface area contributed by atoms with Gasteiger partial charge in [0.1, 0.15) is 11.6 Å². The molecule has 0 spiro atoms. The number of benzene rings is 3. The number of pyridine rings is 1. The topological polar surface area (TPSA) is 80.5 Å². The number of nitriles is 1. The van der Waals surface area contributed by atoms with Crippen LogP contribution in [0.1, 0.15) is 12.5 Å². The number of carbonyl (C=O) groups is 1. The number of aromatic hydroxyl groups is 1. The quantitative estimate of drug-likeness (QED) is 0.329. The highest BCUT2D eigenvalue weighted by molar-refractivity contribution is 6.38. The molecule has 5 rings (SSSR count). The largest absolute Gasteiger partial charge is 0.492 e. The molecule has 0 unspecified atom stereocenters. The Morgan fingerprint density at radius 3 is 2.61 bits per heavy atom. The van der Waals surface area contributed by atoms with Gasteiger partial charge in [-0.2, -0.15) is 5.26 Å². The van der Waals surface area contributed by atoms with Gasteiger partial charge in [0, 0.05) is 52.1 Å². The summed E-state index contributed by atoms with van der Waals surface area (Å²) in [4.78, 5) is 20.3. The highest BCUT2D eigenvalue weighted by Crippen LogP contribution is 2.42. The highest BCUT2D eigenvalue weighted by atomic mass is 35.5. The Kier molecular flexibility index (Phi) is 6.21. The van der Waals surface area contributed by atoms with Crippen molar-refractivity contribution in [1.29, 1.82) is 5.26 Å². The second-order valence-electron chi connectivity index (χ2n) is 8.79. The summed E-state index contributed by atoms with van der Waals surface area (Å²) in [5.41, 5.74) is 2.71. The molecule has 1 fully saturated rings. The standard InChI is InChI=1S/C28H22Cl2N4O2/c1-3-25(35)34-11-10-33(15-16(34)2)27-20-12-23(30)19(13-24(20)32-28(36)21(27)14-31)18-8-4-6-17-7-5-9-22(29)26(17)18/h3-9,12-13,16H,1,10-11,15H2,2H3,(H,32,36)/t16-/m0/s1. The van der Waals surface area contributed by atoms with E-state index in [1.807, 2.05) is 54.3 Å². The van der Waals surface area contributed by atoms with Crippen molar-refractivity contribution in [2.24, 2.45) is 0 Å². The monoisotopic (exact) mass is 516 g/mol. The number of nitrogens with zero attached hydrogens (tertiary/aromatic N) is 4. The van der Waals surface area contributed by atoms with Gasteiger partial charge in [-0.25, -0.2) is 4.98 Å². The van der Waals surface area contributed by atoms with Gasteiger partial charge in [-0.05, 0) is 42.1 Å². The van der Waals surface area contributed by atoms with Crippen LogP contribution < -0.4 is 4.90 Å². The van der Waals surface area contributed by atoms with Gasteiger partial charge in [-0.1, -0.05) is 60.1 Å². The molecule has 1 atom stereocenters. The minimum Gasteiger partial charge on any atom is -0.492 e. The van der Waals surface area contributed by atoms with E-state index >= 15 is 0 Å². The molecule has 1 aliphatic rings. The van der Waals surface area contributed by atoms with E-state index in [1.54, 1.807) is 11.0 Å². The van der Waals surface area contributed by atoms with Crippen LogP contribution in [0, 0.1) is 11.3 Å².